The Hall–Kier alpha value is -1.50. The maximum Gasteiger partial charge on any atom is 0.225 e. The van der Waals surface area contributed by atoms with Gasteiger partial charge in [0.1, 0.15) is 0 Å². The molecule has 4 rings (SSSR count). The maximum atomic E-state index is 12.8. The first-order chi connectivity index (χ1) is 13.1. The second-order valence-electron chi connectivity index (χ2n) is 8.29. The maximum absolute atomic E-state index is 12.8. The van der Waals surface area contributed by atoms with Crippen molar-refractivity contribution >= 4 is 5.91 Å². The molecular formula is C21H31N3O3. The molecule has 4 heterocycles. The van der Waals surface area contributed by atoms with Gasteiger partial charge in [0.05, 0.1) is 30.4 Å². The van der Waals surface area contributed by atoms with Crippen LogP contribution < -0.4 is 0 Å². The van der Waals surface area contributed by atoms with Gasteiger partial charge in [-0.05, 0) is 44.2 Å². The summed E-state index contributed by atoms with van der Waals surface area (Å²) in [6.07, 6.45) is 6.66. The van der Waals surface area contributed by atoms with Gasteiger partial charge in [-0.15, -0.1) is 0 Å². The largest absolute Gasteiger partial charge is 0.376 e. The third-order valence-corrected chi connectivity index (χ3v) is 6.17. The zero-order valence-corrected chi connectivity index (χ0v) is 16.4. The molecule has 0 aliphatic carbocycles. The van der Waals surface area contributed by atoms with Gasteiger partial charge in [-0.25, -0.2) is 0 Å². The third kappa shape index (κ3) is 4.68. The predicted octanol–water partition coefficient (Wildman–Crippen LogP) is 2.15. The summed E-state index contributed by atoms with van der Waals surface area (Å²) < 4.78 is 12.0. The first kappa shape index (κ1) is 18.8. The number of piperidine rings is 1. The molecule has 6 nitrogen and oxygen atoms in total. The van der Waals surface area contributed by atoms with Crippen molar-refractivity contribution in [1.29, 1.82) is 0 Å². The van der Waals surface area contributed by atoms with Gasteiger partial charge in [-0.1, -0.05) is 6.07 Å². The molecule has 1 aromatic rings. The fourth-order valence-electron chi connectivity index (χ4n) is 4.42. The minimum atomic E-state index is -0.278. The number of carbonyl (C=O) groups excluding carboxylic acids is 1. The lowest BCUT2D eigenvalue weighted by Gasteiger charge is -2.40. The molecule has 27 heavy (non-hydrogen) atoms. The Kier molecular flexibility index (Phi) is 5.76. The predicted molar refractivity (Wildman–Crippen MR) is 102 cm³/mol. The molecule has 3 fully saturated rings. The summed E-state index contributed by atoms with van der Waals surface area (Å²) in [5.41, 5.74) is 2.02. The van der Waals surface area contributed by atoms with E-state index >= 15 is 0 Å². The molecule has 3 aliphatic heterocycles. The van der Waals surface area contributed by atoms with Crippen molar-refractivity contribution in [2.75, 3.05) is 39.4 Å². The number of amides is 1. The Morgan fingerprint density at radius 2 is 2.07 bits per heavy atom. The van der Waals surface area contributed by atoms with E-state index < -0.39 is 0 Å². The summed E-state index contributed by atoms with van der Waals surface area (Å²) >= 11 is 0. The van der Waals surface area contributed by atoms with Crippen molar-refractivity contribution in [3.63, 3.8) is 0 Å². The Morgan fingerprint density at radius 1 is 1.22 bits per heavy atom. The summed E-state index contributed by atoms with van der Waals surface area (Å²) in [4.78, 5) is 21.8. The zero-order chi connectivity index (χ0) is 18.7. The number of ether oxygens (including phenoxy) is 2. The first-order valence-corrected chi connectivity index (χ1v) is 10.3. The number of nitrogens with zero attached hydrogens (tertiary/aromatic N) is 3. The Bertz CT molecular complexity index is 635. The minimum Gasteiger partial charge on any atom is -0.376 e. The average molecular weight is 373 g/mol. The molecule has 0 saturated carbocycles. The quantitative estimate of drug-likeness (QED) is 0.810. The standard InChI is InChI=1S/C21H31N3O3/c1-17-4-5-18(22-14-17)15-23-8-6-21(7-9-23)13-20(25)24(10-12-27-21)16-19-3-2-11-26-19/h4-5,14,19H,2-3,6-13,15-16H2,1H3. The highest BCUT2D eigenvalue weighted by atomic mass is 16.5. The van der Waals surface area contributed by atoms with Gasteiger partial charge >= 0.3 is 0 Å². The molecule has 0 bridgehead atoms. The number of aryl methyl sites for hydroxylation is 1. The van der Waals surface area contributed by atoms with E-state index in [4.69, 9.17) is 9.47 Å². The van der Waals surface area contributed by atoms with Gasteiger partial charge in [0.25, 0.3) is 0 Å². The Morgan fingerprint density at radius 3 is 2.78 bits per heavy atom. The van der Waals surface area contributed by atoms with Crippen LogP contribution in [-0.2, 0) is 20.8 Å². The van der Waals surface area contributed by atoms with Crippen molar-refractivity contribution in [2.45, 2.75) is 57.3 Å². The summed E-state index contributed by atoms with van der Waals surface area (Å²) in [6.45, 7) is 7.72. The van der Waals surface area contributed by atoms with Crippen LogP contribution >= 0.6 is 0 Å². The molecule has 3 saturated heterocycles. The Labute approximate surface area is 161 Å². The van der Waals surface area contributed by atoms with E-state index in [-0.39, 0.29) is 17.6 Å². The van der Waals surface area contributed by atoms with E-state index in [1.807, 2.05) is 11.1 Å². The first-order valence-electron chi connectivity index (χ1n) is 10.3. The lowest BCUT2D eigenvalue weighted by Crippen LogP contribution is -2.47. The molecule has 1 unspecified atom stereocenters. The highest BCUT2D eigenvalue weighted by Gasteiger charge is 2.41. The van der Waals surface area contributed by atoms with E-state index in [0.717, 1.165) is 64.2 Å². The zero-order valence-electron chi connectivity index (χ0n) is 16.4. The second kappa shape index (κ2) is 8.25. The second-order valence-corrected chi connectivity index (χ2v) is 8.29. The monoisotopic (exact) mass is 373 g/mol. The third-order valence-electron chi connectivity index (χ3n) is 6.17. The molecule has 0 radical (unpaired) electrons. The van der Waals surface area contributed by atoms with Crippen LogP contribution in [0.2, 0.25) is 0 Å². The fraction of sp³-hybridized carbons (Fsp3) is 0.714. The molecule has 3 aliphatic rings. The van der Waals surface area contributed by atoms with Gasteiger partial charge in [-0.3, -0.25) is 14.7 Å². The number of carbonyl (C=O) groups is 1. The van der Waals surface area contributed by atoms with E-state index in [2.05, 4.69) is 28.9 Å². The molecule has 0 N–H and O–H groups in total. The van der Waals surface area contributed by atoms with E-state index in [0.29, 0.717) is 19.6 Å². The number of hydrogen-bond acceptors (Lipinski definition) is 5. The normalized spacial score (nSPS) is 26.5. The highest BCUT2D eigenvalue weighted by molar-refractivity contribution is 5.77. The van der Waals surface area contributed by atoms with Crippen LogP contribution in [0.15, 0.2) is 18.3 Å². The number of likely N-dealkylation sites (tertiary alicyclic amines) is 1. The fourth-order valence-corrected chi connectivity index (χ4v) is 4.42. The molecule has 1 spiro atoms. The molecule has 1 amide bonds. The smallest absolute Gasteiger partial charge is 0.225 e. The van der Waals surface area contributed by atoms with Gasteiger partial charge < -0.3 is 14.4 Å². The van der Waals surface area contributed by atoms with Gasteiger partial charge in [-0.2, -0.15) is 0 Å². The van der Waals surface area contributed by atoms with Gasteiger partial charge in [0, 0.05) is 45.5 Å². The molecule has 148 valence electrons. The lowest BCUT2D eigenvalue weighted by atomic mass is 9.87. The SMILES string of the molecule is Cc1ccc(CN2CCC3(CC2)CC(=O)N(CC2CCCO2)CCO3)nc1. The van der Waals surface area contributed by atoms with E-state index in [1.54, 1.807) is 0 Å². The van der Waals surface area contributed by atoms with E-state index in [9.17, 15) is 4.79 Å². The molecule has 1 aromatic heterocycles. The number of rotatable bonds is 4. The van der Waals surface area contributed by atoms with Gasteiger partial charge in [0.2, 0.25) is 5.91 Å². The summed E-state index contributed by atoms with van der Waals surface area (Å²) in [7, 11) is 0. The Balaban J connectivity index is 1.30. The number of hydrogen-bond donors (Lipinski definition) is 0. The van der Waals surface area contributed by atoms with Crippen LogP contribution in [0.25, 0.3) is 0 Å². The van der Waals surface area contributed by atoms with Crippen molar-refractivity contribution in [1.82, 2.24) is 14.8 Å². The topological polar surface area (TPSA) is 54.9 Å². The molecule has 0 aromatic carbocycles. The van der Waals surface area contributed by atoms with Crippen LogP contribution in [0.4, 0.5) is 0 Å². The van der Waals surface area contributed by atoms with Crippen molar-refractivity contribution in [2.24, 2.45) is 0 Å². The minimum absolute atomic E-state index is 0.215. The summed E-state index contributed by atoms with van der Waals surface area (Å²) in [6, 6.07) is 4.22. The van der Waals surface area contributed by atoms with Crippen molar-refractivity contribution < 1.29 is 14.3 Å². The van der Waals surface area contributed by atoms with E-state index in [1.165, 1.54) is 5.56 Å². The van der Waals surface area contributed by atoms with Crippen LogP contribution in [0.3, 0.4) is 0 Å². The van der Waals surface area contributed by atoms with Crippen molar-refractivity contribution in [3.8, 4) is 0 Å². The number of aromatic nitrogens is 1. The summed E-state index contributed by atoms with van der Waals surface area (Å²) in [5, 5.41) is 0. The van der Waals surface area contributed by atoms with Crippen molar-refractivity contribution in [3.05, 3.63) is 29.6 Å². The van der Waals surface area contributed by atoms with Crippen LogP contribution in [0.1, 0.15) is 43.4 Å². The van der Waals surface area contributed by atoms with Crippen LogP contribution in [0, 0.1) is 6.92 Å². The van der Waals surface area contributed by atoms with Gasteiger partial charge in [0.15, 0.2) is 0 Å². The molecule has 6 heteroatoms. The lowest BCUT2D eigenvalue weighted by molar-refractivity contribution is -0.136. The summed E-state index contributed by atoms with van der Waals surface area (Å²) in [5.74, 6) is 0.233. The van der Waals surface area contributed by atoms with Crippen LogP contribution in [-0.4, -0.2) is 71.8 Å². The average Bonchev–Trinajstić information content (AvgIpc) is 3.13. The molecular weight excluding hydrogens is 342 g/mol. The van der Waals surface area contributed by atoms with Crippen LogP contribution in [0.5, 0.6) is 0 Å². The molecule has 1 atom stereocenters. The number of pyridine rings is 1. The highest BCUT2D eigenvalue weighted by Crippen LogP contribution is 2.33.